The van der Waals surface area contributed by atoms with Crippen molar-refractivity contribution in [2.75, 3.05) is 0 Å². The predicted octanol–water partition coefficient (Wildman–Crippen LogP) is 2.81. The molecule has 1 aromatic heterocycles. The topological polar surface area (TPSA) is 84.0 Å². The number of aromatic nitrogens is 2. The van der Waals surface area contributed by atoms with Gasteiger partial charge in [0.2, 0.25) is 0 Å². The number of nitrogens with one attached hydrogen (secondary N) is 2. The highest BCUT2D eigenvalue weighted by atomic mass is 16.2. The molecule has 0 spiro atoms. The summed E-state index contributed by atoms with van der Waals surface area (Å²) in [7, 11) is 0. The second-order valence-electron chi connectivity index (χ2n) is 6.52. The molecule has 1 amide bonds. The van der Waals surface area contributed by atoms with Crippen LogP contribution in [0.25, 0.3) is 10.9 Å². The van der Waals surface area contributed by atoms with Crippen molar-refractivity contribution in [3.63, 3.8) is 0 Å². The minimum absolute atomic E-state index is 0.256. The van der Waals surface area contributed by atoms with E-state index in [0.717, 1.165) is 24.8 Å². The van der Waals surface area contributed by atoms with Crippen LogP contribution in [0, 0.1) is 0 Å². The normalized spacial score (nSPS) is 10.9. The van der Waals surface area contributed by atoms with Crippen molar-refractivity contribution in [2.45, 2.75) is 39.3 Å². The van der Waals surface area contributed by atoms with E-state index < -0.39 is 5.69 Å². The molecule has 2 aromatic carbocycles. The Balaban J connectivity index is 1.82. The molecule has 2 N–H and O–H groups in total. The molecule has 6 nitrogen and oxygen atoms in total. The molecule has 0 atom stereocenters. The van der Waals surface area contributed by atoms with Crippen molar-refractivity contribution < 1.29 is 4.79 Å². The van der Waals surface area contributed by atoms with Crippen LogP contribution in [0.15, 0.2) is 58.1 Å². The third-order valence-corrected chi connectivity index (χ3v) is 4.53. The fraction of sp³-hybridized carbons (Fsp3) is 0.286. The fourth-order valence-corrected chi connectivity index (χ4v) is 3.00. The zero-order valence-corrected chi connectivity index (χ0v) is 15.3. The Morgan fingerprint density at radius 3 is 2.59 bits per heavy atom. The van der Waals surface area contributed by atoms with Crippen LogP contribution in [0.2, 0.25) is 0 Å². The van der Waals surface area contributed by atoms with E-state index in [1.165, 1.54) is 4.57 Å². The lowest BCUT2D eigenvalue weighted by Gasteiger charge is -2.08. The van der Waals surface area contributed by atoms with Gasteiger partial charge in [-0.3, -0.25) is 14.2 Å². The van der Waals surface area contributed by atoms with E-state index in [1.54, 1.807) is 18.2 Å². The van der Waals surface area contributed by atoms with Gasteiger partial charge < -0.3 is 10.3 Å². The zero-order chi connectivity index (χ0) is 19.2. The number of rotatable bonds is 7. The molecular formula is C21H23N3O3. The van der Waals surface area contributed by atoms with Gasteiger partial charge in [-0.1, -0.05) is 50.1 Å². The van der Waals surface area contributed by atoms with E-state index in [4.69, 9.17) is 0 Å². The number of nitrogens with zero attached hydrogens (tertiary/aromatic N) is 1. The summed E-state index contributed by atoms with van der Waals surface area (Å²) in [5, 5.41) is 3.25. The van der Waals surface area contributed by atoms with Crippen molar-refractivity contribution in [1.29, 1.82) is 0 Å². The monoisotopic (exact) mass is 365 g/mol. The second kappa shape index (κ2) is 8.49. The van der Waals surface area contributed by atoms with Crippen LogP contribution in [-0.4, -0.2) is 15.5 Å². The quantitative estimate of drug-likeness (QED) is 0.632. The number of hydrogen-bond donors (Lipinski definition) is 2. The van der Waals surface area contributed by atoms with Crippen LogP contribution >= 0.6 is 0 Å². The Kier molecular flexibility index (Phi) is 5.86. The van der Waals surface area contributed by atoms with E-state index in [0.29, 0.717) is 29.6 Å². The van der Waals surface area contributed by atoms with E-state index in [-0.39, 0.29) is 11.5 Å². The Bertz CT molecular complexity index is 1050. The molecule has 3 aromatic rings. The summed E-state index contributed by atoms with van der Waals surface area (Å²) in [5.41, 5.74) is 1.02. The summed E-state index contributed by atoms with van der Waals surface area (Å²) in [5.74, 6) is -0.256. The van der Waals surface area contributed by atoms with E-state index in [1.807, 2.05) is 30.3 Å². The number of amides is 1. The molecule has 0 bridgehead atoms. The minimum Gasteiger partial charge on any atom is -0.348 e. The maximum atomic E-state index is 12.6. The minimum atomic E-state index is -0.439. The summed E-state index contributed by atoms with van der Waals surface area (Å²) in [6.07, 6.45) is 2.76. The van der Waals surface area contributed by atoms with Crippen molar-refractivity contribution in [1.82, 2.24) is 14.9 Å². The molecule has 1 heterocycles. The fourth-order valence-electron chi connectivity index (χ4n) is 3.00. The molecule has 0 aliphatic rings. The number of aromatic amines is 1. The molecular weight excluding hydrogens is 342 g/mol. The first-order chi connectivity index (χ1) is 13.1. The number of H-pyrrole nitrogens is 1. The van der Waals surface area contributed by atoms with Crippen LogP contribution in [0.5, 0.6) is 0 Å². The molecule has 0 aliphatic heterocycles. The van der Waals surface area contributed by atoms with Gasteiger partial charge in [0.25, 0.3) is 11.5 Å². The molecule has 0 fully saturated rings. The highest BCUT2D eigenvalue weighted by Gasteiger charge is 2.11. The van der Waals surface area contributed by atoms with Crippen molar-refractivity contribution >= 4 is 16.8 Å². The Labute approximate surface area is 156 Å². The molecule has 140 valence electrons. The number of benzene rings is 2. The lowest BCUT2D eigenvalue weighted by molar-refractivity contribution is 0.0951. The van der Waals surface area contributed by atoms with Crippen LogP contribution in [0.1, 0.15) is 42.1 Å². The average Bonchev–Trinajstić information content (AvgIpc) is 2.69. The third-order valence-electron chi connectivity index (χ3n) is 4.53. The van der Waals surface area contributed by atoms with Gasteiger partial charge in [0, 0.05) is 18.7 Å². The van der Waals surface area contributed by atoms with Crippen LogP contribution in [0.4, 0.5) is 0 Å². The van der Waals surface area contributed by atoms with Crippen molar-refractivity contribution in [3.8, 4) is 0 Å². The molecule has 27 heavy (non-hydrogen) atoms. The lowest BCUT2D eigenvalue weighted by atomic mass is 10.1. The first kappa shape index (κ1) is 18.6. The third kappa shape index (κ3) is 4.34. The van der Waals surface area contributed by atoms with Crippen LogP contribution in [0.3, 0.4) is 0 Å². The smallest absolute Gasteiger partial charge is 0.328 e. The van der Waals surface area contributed by atoms with E-state index in [9.17, 15) is 14.4 Å². The summed E-state index contributed by atoms with van der Waals surface area (Å²) in [6, 6.07) is 14.4. The molecule has 0 aliphatic carbocycles. The van der Waals surface area contributed by atoms with Crippen LogP contribution < -0.4 is 16.6 Å². The number of carbonyl (C=O) groups is 1. The lowest BCUT2D eigenvalue weighted by Crippen LogP contribution is -2.35. The molecule has 0 saturated carbocycles. The summed E-state index contributed by atoms with van der Waals surface area (Å²) >= 11 is 0. The maximum Gasteiger partial charge on any atom is 0.328 e. The molecule has 0 saturated heterocycles. The first-order valence-electron chi connectivity index (χ1n) is 9.19. The molecule has 6 heteroatoms. The zero-order valence-electron chi connectivity index (χ0n) is 15.3. The average molecular weight is 365 g/mol. The Morgan fingerprint density at radius 1 is 1.07 bits per heavy atom. The van der Waals surface area contributed by atoms with E-state index >= 15 is 0 Å². The van der Waals surface area contributed by atoms with Gasteiger partial charge in [0.15, 0.2) is 0 Å². The standard InChI is InChI=1S/C21H23N3O3/c1-2-3-7-12-24-20(26)17-11-10-16(13-18(17)23-21(24)27)19(25)22-14-15-8-5-4-6-9-15/h4-6,8-11,13H,2-3,7,12,14H2,1H3,(H,22,25)(H,23,27). The van der Waals surface area contributed by atoms with Gasteiger partial charge >= 0.3 is 5.69 Å². The highest BCUT2D eigenvalue weighted by Crippen LogP contribution is 2.10. The van der Waals surface area contributed by atoms with Crippen molar-refractivity contribution in [3.05, 3.63) is 80.5 Å². The molecule has 3 rings (SSSR count). The number of carbonyl (C=O) groups excluding carboxylic acids is 1. The first-order valence-corrected chi connectivity index (χ1v) is 9.19. The van der Waals surface area contributed by atoms with Gasteiger partial charge in [0.05, 0.1) is 10.9 Å². The van der Waals surface area contributed by atoms with Gasteiger partial charge in [-0.2, -0.15) is 0 Å². The number of unbranched alkanes of at least 4 members (excludes halogenated alkanes) is 2. The summed E-state index contributed by atoms with van der Waals surface area (Å²) in [6.45, 7) is 2.88. The highest BCUT2D eigenvalue weighted by molar-refractivity contribution is 5.97. The van der Waals surface area contributed by atoms with E-state index in [2.05, 4.69) is 17.2 Å². The maximum absolute atomic E-state index is 12.6. The SMILES string of the molecule is CCCCCn1c(=O)[nH]c2cc(C(=O)NCc3ccccc3)ccc2c1=O. The van der Waals surface area contributed by atoms with Gasteiger partial charge in [-0.05, 0) is 30.2 Å². The Hall–Kier alpha value is -3.15. The molecule has 0 radical (unpaired) electrons. The van der Waals surface area contributed by atoms with Gasteiger partial charge in [-0.25, -0.2) is 4.79 Å². The largest absolute Gasteiger partial charge is 0.348 e. The number of hydrogen-bond acceptors (Lipinski definition) is 3. The van der Waals surface area contributed by atoms with Gasteiger partial charge in [0.1, 0.15) is 0 Å². The number of fused-ring (bicyclic) bond motifs is 1. The van der Waals surface area contributed by atoms with Gasteiger partial charge in [-0.15, -0.1) is 0 Å². The van der Waals surface area contributed by atoms with Crippen molar-refractivity contribution in [2.24, 2.45) is 0 Å². The molecule has 0 unspecified atom stereocenters. The Morgan fingerprint density at radius 2 is 1.85 bits per heavy atom. The summed E-state index contributed by atoms with van der Waals surface area (Å²) < 4.78 is 1.23. The second-order valence-corrected chi connectivity index (χ2v) is 6.52. The predicted molar refractivity (Wildman–Crippen MR) is 106 cm³/mol. The summed E-state index contributed by atoms with van der Waals surface area (Å²) in [4.78, 5) is 39.9. The van der Waals surface area contributed by atoms with Crippen LogP contribution in [-0.2, 0) is 13.1 Å².